The highest BCUT2D eigenvalue weighted by molar-refractivity contribution is 5.90. The van der Waals surface area contributed by atoms with E-state index >= 15 is 0 Å². The van der Waals surface area contributed by atoms with E-state index < -0.39 is 41.9 Å². The lowest BCUT2D eigenvalue weighted by atomic mass is 9.84. The van der Waals surface area contributed by atoms with Crippen LogP contribution in [0.3, 0.4) is 0 Å². The Morgan fingerprint density at radius 2 is 1.50 bits per heavy atom. The summed E-state index contributed by atoms with van der Waals surface area (Å²) >= 11 is 0. The minimum Gasteiger partial charge on any atom is -0.388 e. The van der Waals surface area contributed by atoms with Crippen LogP contribution in [0.1, 0.15) is 20.8 Å². The molecule has 6 heteroatoms. The monoisotopic (exact) mass is 234 g/mol. The van der Waals surface area contributed by atoms with Crippen molar-refractivity contribution in [2.24, 2.45) is 5.41 Å². The third-order valence-electron chi connectivity index (χ3n) is 2.14. The predicted molar refractivity (Wildman–Crippen MR) is 54.6 cm³/mol. The predicted octanol–water partition coefficient (Wildman–Crippen LogP) is -1.75. The molecule has 0 saturated carbocycles. The lowest BCUT2D eigenvalue weighted by Crippen LogP contribution is -2.49. The molecule has 0 amide bonds. The summed E-state index contributed by atoms with van der Waals surface area (Å²) < 4.78 is 0. The van der Waals surface area contributed by atoms with Gasteiger partial charge in [0, 0.05) is 5.41 Å². The zero-order chi connectivity index (χ0) is 13.1. The van der Waals surface area contributed by atoms with Crippen LogP contribution in [0.25, 0.3) is 0 Å². The lowest BCUT2D eigenvalue weighted by Gasteiger charge is -2.26. The smallest absolute Gasteiger partial charge is 0.189 e. The Balaban J connectivity index is 4.68. The number of hydrogen-bond donors (Lipinski definition) is 4. The van der Waals surface area contributed by atoms with Gasteiger partial charge in [0.05, 0.1) is 0 Å². The summed E-state index contributed by atoms with van der Waals surface area (Å²) in [4.78, 5) is 22.4. The molecule has 4 N–H and O–H groups in total. The van der Waals surface area contributed by atoms with Gasteiger partial charge in [-0.2, -0.15) is 0 Å². The molecule has 0 aliphatic heterocycles. The highest BCUT2D eigenvalue weighted by Crippen LogP contribution is 2.19. The standard InChI is InChI=1S/C10H18O6/c1-10(2,3)9(16)8(15)7(14)6(13)5(12)4-11/h6-8,11,13-15H,4H2,1-3H3/t6-,7+,8-/m0/s1. The molecule has 0 aromatic heterocycles. The van der Waals surface area contributed by atoms with Crippen molar-refractivity contribution in [2.75, 3.05) is 6.61 Å². The Bertz CT molecular complexity index is 267. The van der Waals surface area contributed by atoms with Crippen molar-refractivity contribution in [3.05, 3.63) is 0 Å². The van der Waals surface area contributed by atoms with Crippen LogP contribution in [0.2, 0.25) is 0 Å². The number of carbonyl (C=O) groups is 2. The quantitative estimate of drug-likeness (QED) is 0.448. The van der Waals surface area contributed by atoms with E-state index in [1.165, 1.54) is 20.8 Å². The Hall–Kier alpha value is -0.820. The highest BCUT2D eigenvalue weighted by atomic mass is 16.4. The molecular weight excluding hydrogens is 216 g/mol. The highest BCUT2D eigenvalue weighted by Gasteiger charge is 2.38. The maximum Gasteiger partial charge on any atom is 0.189 e. The van der Waals surface area contributed by atoms with E-state index in [9.17, 15) is 24.9 Å². The van der Waals surface area contributed by atoms with Gasteiger partial charge in [0.2, 0.25) is 0 Å². The van der Waals surface area contributed by atoms with Gasteiger partial charge in [-0.1, -0.05) is 20.8 Å². The lowest BCUT2D eigenvalue weighted by molar-refractivity contribution is -0.152. The largest absolute Gasteiger partial charge is 0.388 e. The maximum atomic E-state index is 11.5. The second kappa shape index (κ2) is 5.49. The molecule has 94 valence electrons. The summed E-state index contributed by atoms with van der Waals surface area (Å²) in [6, 6.07) is 0. The third-order valence-corrected chi connectivity index (χ3v) is 2.14. The minimum atomic E-state index is -1.97. The molecule has 0 heterocycles. The van der Waals surface area contributed by atoms with E-state index in [-0.39, 0.29) is 0 Å². The number of carbonyl (C=O) groups excluding carboxylic acids is 2. The first-order chi connectivity index (χ1) is 7.12. The van der Waals surface area contributed by atoms with Gasteiger partial charge in [0.15, 0.2) is 11.6 Å². The van der Waals surface area contributed by atoms with E-state index in [4.69, 9.17) is 5.11 Å². The normalized spacial score (nSPS) is 17.7. The van der Waals surface area contributed by atoms with Gasteiger partial charge < -0.3 is 20.4 Å². The fourth-order valence-electron chi connectivity index (χ4n) is 1.06. The number of aliphatic hydroxyl groups is 4. The molecule has 3 atom stereocenters. The topological polar surface area (TPSA) is 115 Å². The maximum absolute atomic E-state index is 11.5. The van der Waals surface area contributed by atoms with Crippen molar-refractivity contribution in [3.8, 4) is 0 Å². The minimum absolute atomic E-state index is 0.690. The van der Waals surface area contributed by atoms with Gasteiger partial charge >= 0.3 is 0 Å². The van der Waals surface area contributed by atoms with Gasteiger partial charge in [-0.3, -0.25) is 9.59 Å². The van der Waals surface area contributed by atoms with E-state index in [1.807, 2.05) is 0 Å². The summed E-state index contributed by atoms with van der Waals surface area (Å²) in [7, 11) is 0. The van der Waals surface area contributed by atoms with Crippen LogP contribution >= 0.6 is 0 Å². The second-order valence-electron chi connectivity index (χ2n) is 4.62. The van der Waals surface area contributed by atoms with E-state index in [2.05, 4.69) is 0 Å². The number of ketones is 2. The van der Waals surface area contributed by atoms with Crippen LogP contribution < -0.4 is 0 Å². The first kappa shape index (κ1) is 15.2. The van der Waals surface area contributed by atoms with Crippen LogP contribution in [0.15, 0.2) is 0 Å². The van der Waals surface area contributed by atoms with Crippen molar-refractivity contribution in [1.82, 2.24) is 0 Å². The van der Waals surface area contributed by atoms with E-state index in [0.717, 1.165) is 0 Å². The van der Waals surface area contributed by atoms with Gasteiger partial charge in [0.1, 0.15) is 24.9 Å². The summed E-state index contributed by atoms with van der Waals surface area (Å²) in [5.41, 5.74) is -0.900. The summed E-state index contributed by atoms with van der Waals surface area (Å²) in [5.74, 6) is -1.74. The molecule has 0 fully saturated rings. The van der Waals surface area contributed by atoms with E-state index in [0.29, 0.717) is 0 Å². The first-order valence-corrected chi connectivity index (χ1v) is 4.85. The van der Waals surface area contributed by atoms with Crippen LogP contribution in [0.5, 0.6) is 0 Å². The van der Waals surface area contributed by atoms with Crippen LogP contribution in [0.4, 0.5) is 0 Å². The number of Topliss-reactive ketones (excluding diaryl/α,β-unsaturated/α-hetero) is 2. The average Bonchev–Trinajstić information content (AvgIpc) is 2.22. The van der Waals surface area contributed by atoms with Crippen molar-refractivity contribution in [2.45, 2.75) is 39.1 Å². The Kier molecular flexibility index (Phi) is 5.21. The summed E-state index contributed by atoms with van der Waals surface area (Å²) in [6.07, 6.45) is -5.75. The number of aliphatic hydroxyl groups excluding tert-OH is 4. The number of rotatable bonds is 5. The molecular formula is C10H18O6. The van der Waals surface area contributed by atoms with Gasteiger partial charge in [-0.05, 0) is 0 Å². The molecule has 16 heavy (non-hydrogen) atoms. The van der Waals surface area contributed by atoms with Crippen LogP contribution in [0, 0.1) is 5.41 Å². The summed E-state index contributed by atoms with van der Waals surface area (Å²) in [5, 5.41) is 36.5. The van der Waals surface area contributed by atoms with Crippen molar-refractivity contribution in [1.29, 1.82) is 0 Å². The average molecular weight is 234 g/mol. The molecule has 0 aliphatic carbocycles. The Labute approximate surface area is 93.5 Å². The molecule has 0 spiro atoms. The number of hydrogen-bond acceptors (Lipinski definition) is 6. The van der Waals surface area contributed by atoms with Gasteiger partial charge in [0.25, 0.3) is 0 Å². The first-order valence-electron chi connectivity index (χ1n) is 4.85. The molecule has 0 saturated heterocycles. The van der Waals surface area contributed by atoms with Crippen molar-refractivity contribution < 1.29 is 30.0 Å². The fourth-order valence-corrected chi connectivity index (χ4v) is 1.06. The molecule has 0 aromatic rings. The van der Waals surface area contributed by atoms with Crippen molar-refractivity contribution >= 4 is 11.6 Å². The molecule has 6 nitrogen and oxygen atoms in total. The fraction of sp³-hybridized carbons (Fsp3) is 0.800. The second-order valence-corrected chi connectivity index (χ2v) is 4.62. The molecule has 0 aliphatic rings. The van der Waals surface area contributed by atoms with Crippen LogP contribution in [-0.2, 0) is 9.59 Å². The molecule has 0 rings (SSSR count). The summed E-state index contributed by atoms with van der Waals surface area (Å²) in [6.45, 7) is 3.64. The zero-order valence-corrected chi connectivity index (χ0v) is 9.54. The van der Waals surface area contributed by atoms with Gasteiger partial charge in [-0.15, -0.1) is 0 Å². The van der Waals surface area contributed by atoms with Gasteiger partial charge in [-0.25, -0.2) is 0 Å². The Morgan fingerprint density at radius 3 is 1.81 bits per heavy atom. The third kappa shape index (κ3) is 3.64. The molecule has 0 aromatic carbocycles. The van der Waals surface area contributed by atoms with Crippen molar-refractivity contribution in [3.63, 3.8) is 0 Å². The van der Waals surface area contributed by atoms with Crippen LogP contribution in [-0.4, -0.2) is 56.9 Å². The molecule has 0 unspecified atom stereocenters. The molecule has 0 radical (unpaired) electrons. The zero-order valence-electron chi connectivity index (χ0n) is 9.54. The SMILES string of the molecule is CC(C)(C)C(=O)[C@@H](O)[C@H](O)[C@@H](O)C(=O)CO. The van der Waals surface area contributed by atoms with E-state index in [1.54, 1.807) is 0 Å². The Morgan fingerprint density at radius 1 is 1.06 bits per heavy atom. The molecule has 0 bridgehead atoms.